The molecule has 84 valence electrons. The van der Waals surface area contributed by atoms with Gasteiger partial charge in [-0.1, -0.05) is 37.5 Å². The van der Waals surface area contributed by atoms with Crippen molar-refractivity contribution in [1.29, 1.82) is 5.26 Å². The van der Waals surface area contributed by atoms with Crippen LogP contribution in [0.4, 0.5) is 0 Å². The predicted molar refractivity (Wildman–Crippen MR) is 64.9 cm³/mol. The van der Waals surface area contributed by atoms with Crippen LogP contribution in [0.2, 0.25) is 0 Å². The van der Waals surface area contributed by atoms with Crippen LogP contribution in [0.3, 0.4) is 0 Å². The van der Waals surface area contributed by atoms with E-state index in [4.69, 9.17) is 5.26 Å². The van der Waals surface area contributed by atoms with E-state index in [1.165, 1.54) is 32.1 Å². The first-order valence-corrected chi connectivity index (χ1v) is 6.11. The lowest BCUT2D eigenvalue weighted by atomic mass is 9.95. The first-order chi connectivity index (χ1) is 7.90. The van der Waals surface area contributed by atoms with Gasteiger partial charge in [0.05, 0.1) is 11.6 Å². The SMILES string of the molecule is N#Cc1ccccc1CNC1CCCCC1. The summed E-state index contributed by atoms with van der Waals surface area (Å²) in [5.41, 5.74) is 1.92. The van der Waals surface area contributed by atoms with Gasteiger partial charge < -0.3 is 5.32 Å². The second-order valence-electron chi connectivity index (χ2n) is 4.48. The number of nitrogens with zero attached hydrogens (tertiary/aromatic N) is 1. The zero-order valence-electron chi connectivity index (χ0n) is 9.58. The number of rotatable bonds is 3. The lowest BCUT2D eigenvalue weighted by molar-refractivity contribution is 0.372. The van der Waals surface area contributed by atoms with Gasteiger partial charge >= 0.3 is 0 Å². The summed E-state index contributed by atoms with van der Waals surface area (Å²) in [4.78, 5) is 0. The number of nitrogens with one attached hydrogen (secondary N) is 1. The highest BCUT2D eigenvalue weighted by atomic mass is 14.9. The fraction of sp³-hybridized carbons (Fsp3) is 0.500. The van der Waals surface area contributed by atoms with E-state index in [1.807, 2.05) is 24.3 Å². The first kappa shape index (κ1) is 11.2. The van der Waals surface area contributed by atoms with E-state index in [0.29, 0.717) is 6.04 Å². The maximum Gasteiger partial charge on any atom is 0.0995 e. The van der Waals surface area contributed by atoms with Crippen molar-refractivity contribution in [3.05, 3.63) is 35.4 Å². The molecule has 0 heterocycles. The molecule has 0 spiro atoms. The molecule has 0 aliphatic heterocycles. The van der Waals surface area contributed by atoms with Crippen molar-refractivity contribution in [3.63, 3.8) is 0 Å². The lowest BCUT2D eigenvalue weighted by Gasteiger charge is -2.23. The Morgan fingerprint density at radius 3 is 2.69 bits per heavy atom. The average molecular weight is 214 g/mol. The molecular formula is C14H18N2. The van der Waals surface area contributed by atoms with Gasteiger partial charge in [-0.2, -0.15) is 5.26 Å². The number of nitriles is 1. The highest BCUT2D eigenvalue weighted by Crippen LogP contribution is 2.18. The van der Waals surface area contributed by atoms with Gasteiger partial charge in [-0.3, -0.25) is 0 Å². The number of hydrogen-bond acceptors (Lipinski definition) is 2. The highest BCUT2D eigenvalue weighted by molar-refractivity contribution is 5.37. The summed E-state index contributed by atoms with van der Waals surface area (Å²) >= 11 is 0. The fourth-order valence-electron chi connectivity index (χ4n) is 2.34. The van der Waals surface area contributed by atoms with Crippen molar-refractivity contribution in [2.75, 3.05) is 0 Å². The van der Waals surface area contributed by atoms with Crippen LogP contribution in [0.1, 0.15) is 43.2 Å². The Morgan fingerprint density at radius 1 is 1.19 bits per heavy atom. The van der Waals surface area contributed by atoms with Crippen LogP contribution in [0.25, 0.3) is 0 Å². The molecule has 1 aliphatic carbocycles. The summed E-state index contributed by atoms with van der Waals surface area (Å²) in [6.07, 6.45) is 6.64. The minimum absolute atomic E-state index is 0.653. The summed E-state index contributed by atoms with van der Waals surface area (Å²) < 4.78 is 0. The molecule has 0 bridgehead atoms. The molecular weight excluding hydrogens is 196 g/mol. The van der Waals surface area contributed by atoms with Crippen LogP contribution in [0.5, 0.6) is 0 Å². The Labute approximate surface area is 97.3 Å². The van der Waals surface area contributed by atoms with E-state index < -0.39 is 0 Å². The molecule has 0 aromatic heterocycles. The van der Waals surface area contributed by atoms with Crippen molar-refractivity contribution >= 4 is 0 Å². The minimum Gasteiger partial charge on any atom is -0.310 e. The Hall–Kier alpha value is -1.33. The molecule has 1 N–H and O–H groups in total. The van der Waals surface area contributed by atoms with Gasteiger partial charge in [0.15, 0.2) is 0 Å². The lowest BCUT2D eigenvalue weighted by Crippen LogP contribution is -2.30. The summed E-state index contributed by atoms with van der Waals surface area (Å²) in [5.74, 6) is 0. The Morgan fingerprint density at radius 2 is 1.94 bits per heavy atom. The largest absolute Gasteiger partial charge is 0.310 e. The summed E-state index contributed by atoms with van der Waals surface area (Å²) in [6, 6.07) is 10.7. The third-order valence-corrected chi connectivity index (χ3v) is 3.32. The number of benzene rings is 1. The van der Waals surface area contributed by atoms with Gasteiger partial charge in [-0.25, -0.2) is 0 Å². The Bertz CT molecular complexity index is 373. The van der Waals surface area contributed by atoms with E-state index in [0.717, 1.165) is 17.7 Å². The third-order valence-electron chi connectivity index (χ3n) is 3.32. The first-order valence-electron chi connectivity index (χ1n) is 6.11. The quantitative estimate of drug-likeness (QED) is 0.839. The summed E-state index contributed by atoms with van der Waals surface area (Å²) in [7, 11) is 0. The van der Waals surface area contributed by atoms with Crippen LogP contribution in [0, 0.1) is 11.3 Å². The van der Waals surface area contributed by atoms with Gasteiger partial charge in [0.2, 0.25) is 0 Å². The normalized spacial score (nSPS) is 16.9. The topological polar surface area (TPSA) is 35.8 Å². The van der Waals surface area contributed by atoms with Gasteiger partial charge in [-0.05, 0) is 24.5 Å². The maximum absolute atomic E-state index is 8.98. The summed E-state index contributed by atoms with van der Waals surface area (Å²) in [5, 5.41) is 12.5. The van der Waals surface area contributed by atoms with E-state index in [-0.39, 0.29) is 0 Å². The third kappa shape index (κ3) is 2.84. The monoisotopic (exact) mass is 214 g/mol. The minimum atomic E-state index is 0.653. The van der Waals surface area contributed by atoms with E-state index >= 15 is 0 Å². The van der Waals surface area contributed by atoms with Crippen LogP contribution < -0.4 is 5.32 Å². The van der Waals surface area contributed by atoms with Crippen LogP contribution in [0.15, 0.2) is 24.3 Å². The van der Waals surface area contributed by atoms with E-state index in [9.17, 15) is 0 Å². The molecule has 1 aromatic carbocycles. The Balaban J connectivity index is 1.91. The van der Waals surface area contributed by atoms with Gasteiger partial charge in [0.1, 0.15) is 0 Å². The second-order valence-corrected chi connectivity index (χ2v) is 4.48. The van der Waals surface area contributed by atoms with Gasteiger partial charge in [-0.15, -0.1) is 0 Å². The molecule has 1 aromatic rings. The molecule has 0 unspecified atom stereocenters. The average Bonchev–Trinajstić information content (AvgIpc) is 2.38. The standard InChI is InChI=1S/C14H18N2/c15-10-12-6-4-5-7-13(12)11-16-14-8-2-1-3-9-14/h4-7,14,16H,1-3,8-9,11H2. The van der Waals surface area contributed by atoms with E-state index in [2.05, 4.69) is 11.4 Å². The molecule has 0 amide bonds. The molecule has 1 fully saturated rings. The smallest absolute Gasteiger partial charge is 0.0995 e. The molecule has 1 saturated carbocycles. The van der Waals surface area contributed by atoms with Crippen molar-refractivity contribution in [3.8, 4) is 6.07 Å². The number of hydrogen-bond donors (Lipinski definition) is 1. The molecule has 2 nitrogen and oxygen atoms in total. The zero-order valence-corrected chi connectivity index (χ0v) is 9.58. The van der Waals surface area contributed by atoms with Crippen molar-refractivity contribution in [1.82, 2.24) is 5.32 Å². The molecule has 0 atom stereocenters. The molecule has 2 heteroatoms. The fourth-order valence-corrected chi connectivity index (χ4v) is 2.34. The van der Waals surface area contributed by atoms with Crippen LogP contribution >= 0.6 is 0 Å². The van der Waals surface area contributed by atoms with E-state index in [1.54, 1.807) is 0 Å². The highest BCUT2D eigenvalue weighted by Gasteiger charge is 2.12. The van der Waals surface area contributed by atoms with Crippen LogP contribution in [-0.2, 0) is 6.54 Å². The molecule has 0 saturated heterocycles. The van der Waals surface area contributed by atoms with Gasteiger partial charge in [0, 0.05) is 12.6 Å². The van der Waals surface area contributed by atoms with Crippen molar-refractivity contribution in [2.45, 2.75) is 44.7 Å². The maximum atomic E-state index is 8.98. The molecule has 0 radical (unpaired) electrons. The Kier molecular flexibility index (Phi) is 3.96. The summed E-state index contributed by atoms with van der Waals surface area (Å²) in [6.45, 7) is 0.828. The van der Waals surface area contributed by atoms with Crippen molar-refractivity contribution in [2.24, 2.45) is 0 Å². The molecule has 2 rings (SSSR count). The van der Waals surface area contributed by atoms with Crippen molar-refractivity contribution < 1.29 is 0 Å². The second kappa shape index (κ2) is 5.67. The molecule has 16 heavy (non-hydrogen) atoms. The zero-order chi connectivity index (χ0) is 11.2. The van der Waals surface area contributed by atoms with Crippen LogP contribution in [-0.4, -0.2) is 6.04 Å². The van der Waals surface area contributed by atoms with Gasteiger partial charge in [0.25, 0.3) is 0 Å². The predicted octanol–water partition coefficient (Wildman–Crippen LogP) is 2.98. The molecule has 1 aliphatic rings.